The fourth-order valence-electron chi connectivity index (χ4n) is 2.48. The van der Waals surface area contributed by atoms with Gasteiger partial charge in [-0.2, -0.15) is 0 Å². The van der Waals surface area contributed by atoms with Crippen LogP contribution in [0.15, 0.2) is 71.2 Å². The van der Waals surface area contributed by atoms with Gasteiger partial charge < -0.3 is 10.1 Å². The van der Waals surface area contributed by atoms with Crippen molar-refractivity contribution in [2.24, 2.45) is 0 Å². The van der Waals surface area contributed by atoms with Crippen molar-refractivity contribution in [3.8, 4) is 5.75 Å². The van der Waals surface area contributed by atoms with Gasteiger partial charge in [0.1, 0.15) is 5.75 Å². The highest BCUT2D eigenvalue weighted by Crippen LogP contribution is 2.22. The van der Waals surface area contributed by atoms with Crippen molar-refractivity contribution in [2.75, 3.05) is 5.32 Å². The summed E-state index contributed by atoms with van der Waals surface area (Å²) in [6, 6.07) is 21.4. The molecule has 0 fully saturated rings. The van der Waals surface area contributed by atoms with E-state index in [-0.39, 0.29) is 5.91 Å². The topological polar surface area (TPSA) is 38.3 Å². The number of ether oxygens (including phenoxy) is 1. The summed E-state index contributed by atoms with van der Waals surface area (Å²) in [6.45, 7) is 1.94. The SMILES string of the molecule is CC[C@@H](Oc1ccc2ccccc2c1)C(=O)Nc1ccc(Br)cc1. The summed E-state index contributed by atoms with van der Waals surface area (Å²) in [4.78, 5) is 12.4. The molecule has 0 aromatic heterocycles. The number of rotatable bonds is 5. The van der Waals surface area contributed by atoms with E-state index in [4.69, 9.17) is 4.74 Å². The van der Waals surface area contributed by atoms with Gasteiger partial charge in [0, 0.05) is 10.2 Å². The second kappa shape index (κ2) is 7.49. The summed E-state index contributed by atoms with van der Waals surface area (Å²) in [5.74, 6) is 0.555. The number of hydrogen-bond acceptors (Lipinski definition) is 2. The monoisotopic (exact) mass is 383 g/mol. The Bertz CT molecular complexity index is 846. The minimum atomic E-state index is -0.533. The van der Waals surface area contributed by atoms with Crippen LogP contribution in [-0.2, 0) is 4.79 Å². The van der Waals surface area contributed by atoms with E-state index in [2.05, 4.69) is 27.3 Å². The second-order valence-corrected chi connectivity index (χ2v) is 6.44. The van der Waals surface area contributed by atoms with Crippen LogP contribution in [0.2, 0.25) is 0 Å². The Hall–Kier alpha value is -2.33. The van der Waals surface area contributed by atoms with Gasteiger partial charge in [0.25, 0.3) is 5.91 Å². The lowest BCUT2D eigenvalue weighted by molar-refractivity contribution is -0.122. The Balaban J connectivity index is 1.72. The number of benzene rings is 3. The van der Waals surface area contributed by atoms with Crippen LogP contribution in [-0.4, -0.2) is 12.0 Å². The largest absolute Gasteiger partial charge is 0.481 e. The third-order valence-electron chi connectivity index (χ3n) is 3.77. The quantitative estimate of drug-likeness (QED) is 0.640. The number of carbonyl (C=O) groups is 1. The van der Waals surface area contributed by atoms with Gasteiger partial charge in [-0.25, -0.2) is 0 Å². The van der Waals surface area contributed by atoms with Gasteiger partial charge in [0.2, 0.25) is 0 Å². The minimum Gasteiger partial charge on any atom is -0.481 e. The molecule has 3 aromatic carbocycles. The highest BCUT2D eigenvalue weighted by molar-refractivity contribution is 9.10. The van der Waals surface area contributed by atoms with E-state index in [0.29, 0.717) is 12.2 Å². The van der Waals surface area contributed by atoms with Gasteiger partial charge in [-0.3, -0.25) is 4.79 Å². The fraction of sp³-hybridized carbons (Fsp3) is 0.150. The van der Waals surface area contributed by atoms with Crippen LogP contribution in [0.3, 0.4) is 0 Å². The number of carbonyl (C=O) groups excluding carboxylic acids is 1. The Morgan fingerprint density at radius 1 is 1.04 bits per heavy atom. The number of anilines is 1. The average molecular weight is 384 g/mol. The predicted molar refractivity (Wildman–Crippen MR) is 101 cm³/mol. The van der Waals surface area contributed by atoms with Crippen molar-refractivity contribution < 1.29 is 9.53 Å². The van der Waals surface area contributed by atoms with Crippen molar-refractivity contribution in [1.82, 2.24) is 0 Å². The first-order chi connectivity index (χ1) is 11.7. The molecule has 0 spiro atoms. The molecule has 4 heteroatoms. The van der Waals surface area contributed by atoms with Crippen LogP contribution in [0.4, 0.5) is 5.69 Å². The highest BCUT2D eigenvalue weighted by Gasteiger charge is 2.18. The maximum Gasteiger partial charge on any atom is 0.265 e. The first-order valence-corrected chi connectivity index (χ1v) is 8.67. The van der Waals surface area contributed by atoms with E-state index >= 15 is 0 Å². The number of hydrogen-bond donors (Lipinski definition) is 1. The zero-order chi connectivity index (χ0) is 16.9. The van der Waals surface area contributed by atoms with Crippen molar-refractivity contribution in [3.63, 3.8) is 0 Å². The van der Waals surface area contributed by atoms with E-state index in [1.54, 1.807) is 0 Å². The summed E-state index contributed by atoms with van der Waals surface area (Å²) in [6.07, 6.45) is 0.0599. The summed E-state index contributed by atoms with van der Waals surface area (Å²) in [5, 5.41) is 5.14. The molecule has 0 aliphatic heterocycles. The molecule has 122 valence electrons. The summed E-state index contributed by atoms with van der Waals surface area (Å²) < 4.78 is 6.88. The molecule has 0 aliphatic rings. The first-order valence-electron chi connectivity index (χ1n) is 7.87. The Kier molecular flexibility index (Phi) is 5.16. The van der Waals surface area contributed by atoms with E-state index < -0.39 is 6.10 Å². The molecule has 3 rings (SSSR count). The zero-order valence-corrected chi connectivity index (χ0v) is 14.9. The van der Waals surface area contributed by atoms with E-state index in [1.807, 2.05) is 67.6 Å². The zero-order valence-electron chi connectivity index (χ0n) is 13.3. The van der Waals surface area contributed by atoms with Gasteiger partial charge in [-0.1, -0.05) is 53.2 Å². The molecule has 1 N–H and O–H groups in total. The maximum absolute atomic E-state index is 12.4. The number of fused-ring (bicyclic) bond motifs is 1. The van der Waals surface area contributed by atoms with Gasteiger partial charge in [0.05, 0.1) is 0 Å². The van der Waals surface area contributed by atoms with Gasteiger partial charge in [-0.15, -0.1) is 0 Å². The number of halogens is 1. The Labute approximate surface area is 149 Å². The normalized spacial score (nSPS) is 11.9. The smallest absolute Gasteiger partial charge is 0.265 e. The molecule has 1 atom stereocenters. The minimum absolute atomic E-state index is 0.145. The van der Waals surface area contributed by atoms with E-state index in [9.17, 15) is 4.79 Å². The van der Waals surface area contributed by atoms with Gasteiger partial charge >= 0.3 is 0 Å². The molecule has 3 aromatic rings. The van der Waals surface area contributed by atoms with Crippen molar-refractivity contribution in [1.29, 1.82) is 0 Å². The van der Waals surface area contributed by atoms with Crippen molar-refractivity contribution in [2.45, 2.75) is 19.4 Å². The van der Waals surface area contributed by atoms with Crippen LogP contribution in [0.1, 0.15) is 13.3 Å². The molecule has 0 saturated heterocycles. The summed E-state index contributed by atoms with van der Waals surface area (Å²) in [7, 11) is 0. The Morgan fingerprint density at radius 2 is 1.75 bits per heavy atom. The Morgan fingerprint density at radius 3 is 2.46 bits per heavy atom. The van der Waals surface area contributed by atoms with Crippen LogP contribution in [0.25, 0.3) is 10.8 Å². The fourth-order valence-corrected chi connectivity index (χ4v) is 2.75. The first kappa shape index (κ1) is 16.5. The molecule has 0 saturated carbocycles. The third kappa shape index (κ3) is 3.95. The lowest BCUT2D eigenvalue weighted by Crippen LogP contribution is -2.32. The standard InChI is InChI=1S/C20H18BrNO2/c1-2-19(20(23)22-17-10-8-16(21)9-11-17)24-18-12-7-14-5-3-4-6-15(14)13-18/h3-13,19H,2H2,1H3,(H,22,23)/t19-/m1/s1. The molecule has 0 radical (unpaired) electrons. The second-order valence-electron chi connectivity index (χ2n) is 5.52. The molecule has 1 amide bonds. The predicted octanol–water partition coefficient (Wildman–Crippen LogP) is 5.40. The lowest BCUT2D eigenvalue weighted by Gasteiger charge is -2.17. The number of amides is 1. The van der Waals surface area contributed by atoms with Crippen LogP contribution in [0.5, 0.6) is 5.75 Å². The summed E-state index contributed by atoms with van der Waals surface area (Å²) in [5.41, 5.74) is 0.753. The van der Waals surface area contributed by atoms with E-state index in [0.717, 1.165) is 20.9 Å². The molecule has 3 nitrogen and oxygen atoms in total. The average Bonchev–Trinajstić information content (AvgIpc) is 2.61. The maximum atomic E-state index is 12.4. The summed E-state index contributed by atoms with van der Waals surface area (Å²) >= 11 is 3.38. The highest BCUT2D eigenvalue weighted by atomic mass is 79.9. The van der Waals surface area contributed by atoms with Gasteiger partial charge in [-0.05, 0) is 53.6 Å². The van der Waals surface area contributed by atoms with Crippen molar-refractivity contribution >= 4 is 38.3 Å². The van der Waals surface area contributed by atoms with E-state index in [1.165, 1.54) is 0 Å². The molecule has 0 bridgehead atoms. The van der Waals surface area contributed by atoms with Gasteiger partial charge in [0.15, 0.2) is 6.10 Å². The lowest BCUT2D eigenvalue weighted by atomic mass is 10.1. The number of nitrogens with one attached hydrogen (secondary N) is 1. The molecule has 0 heterocycles. The molecule has 0 aliphatic carbocycles. The molecule has 24 heavy (non-hydrogen) atoms. The van der Waals surface area contributed by atoms with Crippen LogP contribution in [0, 0.1) is 0 Å². The van der Waals surface area contributed by atoms with Crippen LogP contribution >= 0.6 is 15.9 Å². The molecular weight excluding hydrogens is 366 g/mol. The molecule has 0 unspecified atom stereocenters. The van der Waals surface area contributed by atoms with Crippen molar-refractivity contribution in [3.05, 3.63) is 71.2 Å². The van der Waals surface area contributed by atoms with Crippen LogP contribution < -0.4 is 10.1 Å². The molecular formula is C20H18BrNO2. The third-order valence-corrected chi connectivity index (χ3v) is 4.30.